The van der Waals surface area contributed by atoms with E-state index in [4.69, 9.17) is 4.74 Å². The molecule has 1 amide bonds. The van der Waals surface area contributed by atoms with Gasteiger partial charge in [0, 0.05) is 79.7 Å². The highest BCUT2D eigenvalue weighted by Gasteiger charge is 2.50. The molecular weight excluding hydrogens is 889 g/mol. The van der Waals surface area contributed by atoms with Crippen molar-refractivity contribution in [1.82, 2.24) is 24.3 Å². The van der Waals surface area contributed by atoms with E-state index in [2.05, 4.69) is 58.8 Å². The number of amides is 1. The smallest absolute Gasteiger partial charge is 0.293 e. The topological polar surface area (TPSA) is 192 Å². The van der Waals surface area contributed by atoms with E-state index < -0.39 is 41.6 Å². The summed E-state index contributed by atoms with van der Waals surface area (Å²) in [6, 6.07) is 22.9. The van der Waals surface area contributed by atoms with E-state index in [-0.39, 0.29) is 29.0 Å². The van der Waals surface area contributed by atoms with Crippen molar-refractivity contribution in [3.05, 3.63) is 112 Å². The molecular formula is C50H62N8O7S2. The number of nitro benzene ring substituents is 1. The Kier molecular flexibility index (Phi) is 12.4. The molecule has 5 aliphatic rings. The summed E-state index contributed by atoms with van der Waals surface area (Å²) in [5.74, 6) is 0.577. The number of piperidine rings is 1. The average Bonchev–Trinajstić information content (AvgIpc) is 3.84. The Hall–Kier alpha value is -5.36. The standard InChI is InChI=1S/C50H62N8O7S2/c1-66(2,62)54-36-13-9-33(10-14-36)31-52-44-18-16-40(28-46(44)58(60)61)67(63,64)55-49(59)43-17-15-37(27-47(43)65-39-26-35-19-22-51-48(35)53-32-39)56-24-20-50(21-25-56)29-38(30-50)57-23-5-8-45(57)42-7-4-3-6-41(42)34-11-12-34/h3-4,6-7,15-19,22,26-28,32-34,36,38,45,52,66H,5,8-14,20-21,23-25,29-31H2,1-2H3,(H,51,53)(H,54,62)(H,55,59)/t33?,36?,45-/m0/s1. The predicted molar refractivity (Wildman–Crippen MR) is 263 cm³/mol. The molecule has 15 nitrogen and oxygen atoms in total. The molecule has 0 unspecified atom stereocenters. The van der Waals surface area contributed by atoms with E-state index in [0.29, 0.717) is 35.4 Å². The number of hydrogen-bond acceptors (Lipinski definition) is 11. The summed E-state index contributed by atoms with van der Waals surface area (Å²) < 4.78 is 51.6. The fourth-order valence-electron chi connectivity index (χ4n) is 11.4. The SMILES string of the molecule is C[SH](C)(=O)NC1CCC(CNc2ccc(S(=O)(=O)NC(=O)c3ccc(N4CCC5(CC4)CC(N4CCC[C@H]4c4ccccc4C4CC4)C5)cc3Oc3cnc4[nH]ccc4c3)cc2[N+](=O)[O-])CC1. The van der Waals surface area contributed by atoms with Crippen molar-refractivity contribution in [1.29, 1.82) is 0 Å². The van der Waals surface area contributed by atoms with E-state index in [1.807, 2.05) is 12.1 Å². The minimum Gasteiger partial charge on any atom is -0.455 e. The molecule has 0 radical (unpaired) electrons. The molecule has 5 aromatic rings. The first-order valence-corrected chi connectivity index (χ1v) is 28.0. The third-order valence-electron chi connectivity index (χ3n) is 15.1. The van der Waals surface area contributed by atoms with Crippen LogP contribution in [0.5, 0.6) is 11.5 Å². The van der Waals surface area contributed by atoms with E-state index in [0.717, 1.165) is 74.7 Å². The lowest BCUT2D eigenvalue weighted by Gasteiger charge is -2.56. The van der Waals surface area contributed by atoms with Crippen LogP contribution < -0.4 is 24.4 Å². The highest BCUT2D eigenvalue weighted by Crippen LogP contribution is 2.55. The van der Waals surface area contributed by atoms with Gasteiger partial charge in [-0.1, -0.05) is 34.4 Å². The Morgan fingerprint density at radius 2 is 1.70 bits per heavy atom. The van der Waals surface area contributed by atoms with Gasteiger partial charge in [0.15, 0.2) is 0 Å². The van der Waals surface area contributed by atoms with Crippen LogP contribution in [0.1, 0.15) is 110 Å². The van der Waals surface area contributed by atoms with Crippen LogP contribution in [0, 0.1) is 21.4 Å². The molecule has 4 heterocycles. The third kappa shape index (κ3) is 9.97. The van der Waals surface area contributed by atoms with Crippen LogP contribution in [0.25, 0.3) is 11.0 Å². The first-order valence-electron chi connectivity index (χ1n) is 24.0. The number of sulfonamides is 1. The normalized spacial score (nSPS) is 22.7. The Morgan fingerprint density at radius 3 is 2.43 bits per heavy atom. The van der Waals surface area contributed by atoms with Gasteiger partial charge < -0.3 is 19.9 Å². The number of rotatable bonds is 15. The largest absolute Gasteiger partial charge is 0.455 e. The van der Waals surface area contributed by atoms with E-state index in [9.17, 15) is 27.5 Å². The molecule has 1 spiro atoms. The van der Waals surface area contributed by atoms with E-state index in [1.54, 1.807) is 54.2 Å². The number of pyridine rings is 1. The molecule has 4 N–H and O–H groups in total. The molecule has 3 aliphatic carbocycles. The highest BCUT2D eigenvalue weighted by atomic mass is 32.3. The molecule has 1 atom stereocenters. The van der Waals surface area contributed by atoms with Gasteiger partial charge in [0.1, 0.15) is 22.8 Å². The zero-order valence-electron chi connectivity index (χ0n) is 38.3. The molecule has 2 aromatic heterocycles. The van der Waals surface area contributed by atoms with E-state index in [1.165, 1.54) is 57.2 Å². The maximum atomic E-state index is 14.0. The summed E-state index contributed by atoms with van der Waals surface area (Å²) in [4.78, 5) is 37.9. The van der Waals surface area contributed by atoms with Crippen molar-refractivity contribution in [2.24, 2.45) is 11.3 Å². The summed E-state index contributed by atoms with van der Waals surface area (Å²) in [6.07, 6.45) is 19.8. The molecule has 5 fully saturated rings. The highest BCUT2D eigenvalue weighted by molar-refractivity contribution is 7.99. The van der Waals surface area contributed by atoms with Gasteiger partial charge in [-0.2, -0.15) is 0 Å². The van der Waals surface area contributed by atoms with Gasteiger partial charge in [0.05, 0.1) is 21.6 Å². The van der Waals surface area contributed by atoms with Crippen molar-refractivity contribution in [3.63, 3.8) is 0 Å². The first kappa shape index (κ1) is 45.4. The molecule has 2 saturated heterocycles. The third-order valence-corrected chi connectivity index (χ3v) is 17.4. The minimum absolute atomic E-state index is 0.0152. The number of carbonyl (C=O) groups excluding carboxylic acids is 1. The van der Waals surface area contributed by atoms with Crippen LogP contribution in [0.15, 0.2) is 90.1 Å². The number of nitrogens with zero attached hydrogens (tertiary/aromatic N) is 4. The van der Waals surface area contributed by atoms with E-state index >= 15 is 0 Å². The Balaban J connectivity index is 0.816. The molecule has 67 heavy (non-hydrogen) atoms. The van der Waals surface area contributed by atoms with Crippen LogP contribution in [0.4, 0.5) is 17.1 Å². The first-order chi connectivity index (χ1) is 32.2. The second kappa shape index (κ2) is 18.3. The number of nitrogens with one attached hydrogen (secondary N) is 4. The molecule has 2 aliphatic heterocycles. The Morgan fingerprint density at radius 1 is 0.940 bits per heavy atom. The van der Waals surface area contributed by atoms with Gasteiger partial charge >= 0.3 is 0 Å². The number of aromatic nitrogens is 2. The predicted octanol–water partition coefficient (Wildman–Crippen LogP) is 8.60. The van der Waals surface area contributed by atoms with Gasteiger partial charge in [-0.3, -0.25) is 28.7 Å². The Labute approximate surface area is 393 Å². The second-order valence-electron chi connectivity index (χ2n) is 20.2. The fourth-order valence-corrected chi connectivity index (χ4v) is 13.6. The number of aromatic amines is 1. The summed E-state index contributed by atoms with van der Waals surface area (Å²) in [6.45, 7) is 3.33. The maximum Gasteiger partial charge on any atom is 0.293 e. The van der Waals surface area contributed by atoms with Gasteiger partial charge in [-0.25, -0.2) is 18.1 Å². The number of benzene rings is 3. The number of ether oxygens (including phenoxy) is 1. The van der Waals surface area contributed by atoms with Gasteiger partial charge in [0.25, 0.3) is 21.6 Å². The lowest BCUT2D eigenvalue weighted by molar-refractivity contribution is -0.384. The second-order valence-corrected chi connectivity index (χ2v) is 24.8. The maximum absolute atomic E-state index is 14.0. The fraction of sp³-hybridized carbons (Fsp3) is 0.480. The number of carbonyl (C=O) groups is 1. The molecule has 0 bridgehead atoms. The van der Waals surface area contributed by atoms with Gasteiger partial charge in [-0.05, 0) is 148 Å². The number of likely N-dealkylation sites (tertiary alicyclic amines) is 1. The lowest BCUT2D eigenvalue weighted by Crippen LogP contribution is -2.54. The molecule has 17 heteroatoms. The van der Waals surface area contributed by atoms with Gasteiger partial charge in [0.2, 0.25) is 0 Å². The zero-order chi connectivity index (χ0) is 46.5. The molecule has 356 valence electrons. The number of anilines is 2. The van der Waals surface area contributed by atoms with Crippen molar-refractivity contribution in [3.8, 4) is 11.5 Å². The van der Waals surface area contributed by atoms with Crippen LogP contribution in [0.2, 0.25) is 0 Å². The molecule has 10 rings (SSSR count). The number of thiol groups is 1. The zero-order valence-corrected chi connectivity index (χ0v) is 40.0. The summed E-state index contributed by atoms with van der Waals surface area (Å²) >= 11 is 0. The summed E-state index contributed by atoms with van der Waals surface area (Å²) in [5, 5.41) is 16.2. The molecule has 3 saturated carbocycles. The van der Waals surface area contributed by atoms with Crippen molar-refractivity contribution in [2.75, 3.05) is 48.9 Å². The number of hydrogen-bond donors (Lipinski definition) is 5. The van der Waals surface area contributed by atoms with Gasteiger partial charge in [-0.15, -0.1) is 0 Å². The van der Waals surface area contributed by atoms with Crippen molar-refractivity contribution in [2.45, 2.75) is 106 Å². The van der Waals surface area contributed by atoms with Crippen LogP contribution >= 0.6 is 0 Å². The van der Waals surface area contributed by atoms with Crippen molar-refractivity contribution >= 4 is 54.1 Å². The number of fused-ring (bicyclic) bond motifs is 1. The minimum atomic E-state index is -4.57. The number of H-pyrrole nitrogens is 1. The average molecular weight is 951 g/mol. The monoisotopic (exact) mass is 950 g/mol. The van der Waals surface area contributed by atoms with Crippen LogP contribution in [0.3, 0.4) is 0 Å². The van der Waals surface area contributed by atoms with Crippen molar-refractivity contribution < 1.29 is 27.1 Å². The summed E-state index contributed by atoms with van der Waals surface area (Å²) in [7, 11) is -6.92. The van der Waals surface area contributed by atoms with Crippen LogP contribution in [-0.4, -0.2) is 89.1 Å². The summed E-state index contributed by atoms with van der Waals surface area (Å²) in [5.41, 5.74) is 4.74. The quantitative estimate of drug-likeness (QED) is 0.0384. The number of nitro groups is 1. The Bertz CT molecular complexity index is 2820. The molecule has 3 aromatic carbocycles. The lowest BCUT2D eigenvalue weighted by atomic mass is 9.59. The van der Waals surface area contributed by atoms with Crippen LogP contribution in [-0.2, 0) is 20.1 Å².